The first-order valence-electron chi connectivity index (χ1n) is 8.72. The van der Waals surface area contributed by atoms with Gasteiger partial charge in [0.1, 0.15) is 0 Å². The molecule has 0 saturated heterocycles. The largest absolute Gasteiger partial charge is 0.478 e. The number of nitrogens with one attached hydrogen (secondary N) is 1. The first-order valence-corrected chi connectivity index (χ1v) is 8.72. The molecule has 136 valence electrons. The number of hydrogen-bond acceptors (Lipinski definition) is 3. The molecule has 0 fully saturated rings. The lowest BCUT2D eigenvalue weighted by molar-refractivity contribution is -0.112. The van der Waals surface area contributed by atoms with Crippen molar-refractivity contribution in [3.8, 4) is 0 Å². The Morgan fingerprint density at radius 3 is 2.29 bits per heavy atom. The number of anilines is 1. The molecule has 0 aliphatic carbocycles. The minimum Gasteiger partial charge on any atom is -0.478 e. The van der Waals surface area contributed by atoms with Gasteiger partial charge in [0.2, 0.25) is 0 Å². The van der Waals surface area contributed by atoms with Crippen LogP contribution in [0.3, 0.4) is 0 Å². The van der Waals surface area contributed by atoms with Crippen LogP contribution in [0.4, 0.5) is 11.4 Å². The molecular formula is C23H16N2O3. The van der Waals surface area contributed by atoms with Crippen LogP contribution >= 0.6 is 0 Å². The normalized spacial score (nSPS) is 14.6. The fourth-order valence-electron chi connectivity index (χ4n) is 2.99. The summed E-state index contributed by atoms with van der Waals surface area (Å²) in [6, 6.07) is 23.2. The van der Waals surface area contributed by atoms with E-state index in [9.17, 15) is 9.59 Å². The number of benzene rings is 3. The molecule has 1 amide bonds. The summed E-state index contributed by atoms with van der Waals surface area (Å²) in [4.78, 5) is 28.8. The van der Waals surface area contributed by atoms with Crippen molar-refractivity contribution in [1.29, 1.82) is 0 Å². The molecule has 5 nitrogen and oxygen atoms in total. The first kappa shape index (κ1) is 17.4. The summed E-state index contributed by atoms with van der Waals surface area (Å²) in [6.07, 6.45) is 1.72. The lowest BCUT2D eigenvalue weighted by Crippen LogP contribution is -2.19. The number of aromatic carboxylic acids is 1. The number of para-hydroxylation sites is 2. The first-order chi connectivity index (χ1) is 13.6. The third-order valence-corrected chi connectivity index (χ3v) is 4.40. The summed E-state index contributed by atoms with van der Waals surface area (Å²) in [5, 5.41) is 12.0. The molecule has 0 saturated carbocycles. The van der Waals surface area contributed by atoms with Crippen molar-refractivity contribution in [1.82, 2.24) is 0 Å². The van der Waals surface area contributed by atoms with Crippen molar-refractivity contribution >= 4 is 35.0 Å². The Hall–Kier alpha value is -3.99. The molecule has 4 rings (SSSR count). The molecule has 0 atom stereocenters. The number of carboxylic acids is 1. The van der Waals surface area contributed by atoms with Gasteiger partial charge in [0.05, 0.1) is 28.2 Å². The number of nitrogens with zero attached hydrogens (tertiary/aromatic N) is 1. The lowest BCUT2D eigenvalue weighted by Gasteiger charge is -2.09. The highest BCUT2D eigenvalue weighted by Gasteiger charge is 2.23. The van der Waals surface area contributed by atoms with Crippen LogP contribution in [0.25, 0.3) is 6.08 Å². The van der Waals surface area contributed by atoms with E-state index >= 15 is 0 Å². The van der Waals surface area contributed by atoms with Crippen LogP contribution in [0.5, 0.6) is 0 Å². The maximum atomic E-state index is 13.0. The van der Waals surface area contributed by atoms with Crippen LogP contribution in [0, 0.1) is 0 Å². The molecule has 0 aromatic heterocycles. The van der Waals surface area contributed by atoms with Gasteiger partial charge in [0, 0.05) is 5.56 Å². The van der Waals surface area contributed by atoms with E-state index in [1.54, 1.807) is 18.2 Å². The molecule has 3 aromatic rings. The van der Waals surface area contributed by atoms with Gasteiger partial charge in [-0.15, -0.1) is 0 Å². The number of hydrogen-bond donors (Lipinski definition) is 2. The van der Waals surface area contributed by atoms with Gasteiger partial charge in [-0.3, -0.25) is 4.79 Å². The van der Waals surface area contributed by atoms with Gasteiger partial charge < -0.3 is 10.4 Å². The molecule has 0 spiro atoms. The SMILES string of the molecule is O=C1Nc2ccccc2N=C(c2ccccc2)/C1=C\c1ccc(C(=O)O)cc1. The van der Waals surface area contributed by atoms with Crippen molar-refractivity contribution in [3.05, 3.63) is 101 Å². The number of rotatable bonds is 3. The Morgan fingerprint density at radius 2 is 1.57 bits per heavy atom. The average Bonchev–Trinajstić information content (AvgIpc) is 2.85. The monoisotopic (exact) mass is 368 g/mol. The number of fused-ring (bicyclic) bond motifs is 1. The van der Waals surface area contributed by atoms with E-state index in [0.717, 1.165) is 5.56 Å². The highest BCUT2D eigenvalue weighted by molar-refractivity contribution is 6.35. The fraction of sp³-hybridized carbons (Fsp3) is 0. The summed E-state index contributed by atoms with van der Waals surface area (Å²) < 4.78 is 0. The Bertz CT molecular complexity index is 1110. The molecule has 1 aliphatic rings. The maximum Gasteiger partial charge on any atom is 0.335 e. The topological polar surface area (TPSA) is 78.8 Å². The zero-order valence-corrected chi connectivity index (χ0v) is 14.8. The second kappa shape index (κ2) is 7.32. The molecule has 0 unspecified atom stereocenters. The second-order valence-electron chi connectivity index (χ2n) is 6.28. The van der Waals surface area contributed by atoms with Gasteiger partial charge in [0.25, 0.3) is 5.91 Å². The lowest BCUT2D eigenvalue weighted by atomic mass is 9.99. The number of carbonyl (C=O) groups excluding carboxylic acids is 1. The Kier molecular flexibility index (Phi) is 4.56. The van der Waals surface area contributed by atoms with Crippen LogP contribution in [0.1, 0.15) is 21.5 Å². The highest BCUT2D eigenvalue weighted by atomic mass is 16.4. The third-order valence-electron chi connectivity index (χ3n) is 4.40. The van der Waals surface area contributed by atoms with Crippen LogP contribution in [-0.2, 0) is 4.79 Å². The van der Waals surface area contributed by atoms with Gasteiger partial charge in [0.15, 0.2) is 0 Å². The van der Waals surface area contributed by atoms with Crippen molar-refractivity contribution < 1.29 is 14.7 Å². The molecule has 0 bridgehead atoms. The van der Waals surface area contributed by atoms with Crippen LogP contribution in [0.2, 0.25) is 0 Å². The van der Waals surface area contributed by atoms with Gasteiger partial charge in [-0.05, 0) is 35.9 Å². The summed E-state index contributed by atoms with van der Waals surface area (Å²) in [7, 11) is 0. The van der Waals surface area contributed by atoms with Gasteiger partial charge in [-0.25, -0.2) is 9.79 Å². The van der Waals surface area contributed by atoms with E-state index in [1.807, 2.05) is 54.6 Å². The van der Waals surface area contributed by atoms with Crippen molar-refractivity contribution in [2.45, 2.75) is 0 Å². The van der Waals surface area contributed by atoms with Gasteiger partial charge in [-0.1, -0.05) is 54.6 Å². The molecular weight excluding hydrogens is 352 g/mol. The molecule has 0 radical (unpaired) electrons. The van der Waals surface area contributed by atoms with Crippen LogP contribution in [0.15, 0.2) is 89.4 Å². The minimum atomic E-state index is -0.992. The molecule has 5 heteroatoms. The van der Waals surface area contributed by atoms with Gasteiger partial charge >= 0.3 is 5.97 Å². The molecule has 1 heterocycles. The number of aliphatic imine (C=N–C) groups is 1. The fourth-order valence-corrected chi connectivity index (χ4v) is 2.99. The predicted octanol–water partition coefficient (Wildman–Crippen LogP) is 4.54. The summed E-state index contributed by atoms with van der Waals surface area (Å²) in [5.74, 6) is -1.26. The highest BCUT2D eigenvalue weighted by Crippen LogP contribution is 2.31. The van der Waals surface area contributed by atoms with Crippen LogP contribution in [-0.4, -0.2) is 22.7 Å². The van der Waals surface area contributed by atoms with E-state index < -0.39 is 5.97 Å². The average molecular weight is 368 g/mol. The Balaban J connectivity index is 1.86. The summed E-state index contributed by atoms with van der Waals surface area (Å²) >= 11 is 0. The van der Waals surface area contributed by atoms with Crippen molar-refractivity contribution in [2.75, 3.05) is 5.32 Å². The number of amides is 1. The second-order valence-corrected chi connectivity index (χ2v) is 6.28. The summed E-state index contributed by atoms with van der Waals surface area (Å²) in [6.45, 7) is 0. The standard InChI is InChI=1S/C23H16N2O3/c26-22-18(14-15-10-12-17(13-11-15)23(27)28)21(16-6-2-1-3-7-16)24-19-8-4-5-9-20(19)25-22/h1-14H,(H,25,26)(H,27,28)/b18-14+. The van der Waals surface area contributed by atoms with Gasteiger partial charge in [-0.2, -0.15) is 0 Å². The molecule has 2 N–H and O–H groups in total. The minimum absolute atomic E-state index is 0.192. The van der Waals surface area contributed by atoms with Crippen molar-refractivity contribution in [2.24, 2.45) is 4.99 Å². The smallest absolute Gasteiger partial charge is 0.335 e. The van der Waals surface area contributed by atoms with E-state index in [0.29, 0.717) is 28.2 Å². The molecule has 1 aliphatic heterocycles. The third kappa shape index (κ3) is 3.46. The predicted molar refractivity (Wildman–Crippen MR) is 109 cm³/mol. The maximum absolute atomic E-state index is 13.0. The van der Waals surface area contributed by atoms with E-state index in [4.69, 9.17) is 10.1 Å². The zero-order valence-electron chi connectivity index (χ0n) is 14.8. The van der Waals surface area contributed by atoms with E-state index in [2.05, 4.69) is 5.32 Å². The quantitative estimate of drug-likeness (QED) is 0.666. The Labute approximate surface area is 161 Å². The van der Waals surface area contributed by atoms with E-state index in [1.165, 1.54) is 12.1 Å². The van der Waals surface area contributed by atoms with Crippen LogP contribution < -0.4 is 5.32 Å². The number of carbonyl (C=O) groups is 2. The number of carboxylic acid groups (broad SMARTS) is 1. The van der Waals surface area contributed by atoms with Crippen molar-refractivity contribution in [3.63, 3.8) is 0 Å². The Morgan fingerprint density at radius 1 is 0.893 bits per heavy atom. The summed E-state index contributed by atoms with van der Waals surface area (Å²) in [5.41, 5.74) is 4.02. The molecule has 3 aromatic carbocycles. The zero-order chi connectivity index (χ0) is 19.5. The molecule has 28 heavy (non-hydrogen) atoms. The van der Waals surface area contributed by atoms with E-state index in [-0.39, 0.29) is 11.5 Å².